The number of hydrogen-bond donors (Lipinski definition) is 4. The quantitative estimate of drug-likeness (QED) is 0.0742. The number of nitrogens with zero attached hydrogens (tertiary/aromatic N) is 4. The molecule has 2 atom stereocenters. The first kappa shape index (κ1) is 43.1. The number of carbonyl (C=O) groups is 5. The Morgan fingerprint density at radius 3 is 1.93 bits per heavy atom. The molecule has 0 saturated carbocycles. The van der Waals surface area contributed by atoms with E-state index in [1.54, 1.807) is 83.9 Å². The number of H-pyrrole nitrogens is 1. The van der Waals surface area contributed by atoms with Crippen LogP contribution in [-0.2, 0) is 30.4 Å². The maximum Gasteiger partial charge on any atom is 0.407 e. The van der Waals surface area contributed by atoms with Crippen molar-refractivity contribution in [3.05, 3.63) is 126 Å². The third-order valence-electron chi connectivity index (χ3n) is 9.65. The van der Waals surface area contributed by atoms with E-state index in [1.807, 2.05) is 44.2 Å². The van der Waals surface area contributed by atoms with Crippen molar-refractivity contribution in [3.63, 3.8) is 0 Å². The molecule has 6 rings (SSSR count). The summed E-state index contributed by atoms with van der Waals surface area (Å²) in [5.74, 6) is 0.197. The van der Waals surface area contributed by atoms with Gasteiger partial charge in [0.05, 0.1) is 44.5 Å². The number of amides is 5. The fraction of sp³-hybridized carbons (Fsp3) is 0.267. The molecule has 2 heterocycles. The second-order valence-corrected chi connectivity index (χ2v) is 14.1. The van der Waals surface area contributed by atoms with Crippen LogP contribution in [0, 0.1) is 0 Å². The summed E-state index contributed by atoms with van der Waals surface area (Å²) in [5.41, 5.74) is 4.39. The van der Waals surface area contributed by atoms with Gasteiger partial charge in [-0.05, 0) is 54.3 Å². The van der Waals surface area contributed by atoms with Crippen LogP contribution in [-0.4, -0.2) is 88.5 Å². The van der Waals surface area contributed by atoms with E-state index in [4.69, 9.17) is 18.9 Å². The van der Waals surface area contributed by atoms with Gasteiger partial charge in [-0.3, -0.25) is 14.4 Å². The Morgan fingerprint density at radius 2 is 1.33 bits per heavy atom. The Kier molecular flexibility index (Phi) is 14.5. The Morgan fingerprint density at radius 1 is 0.721 bits per heavy atom. The number of aromatic nitrogens is 3. The predicted molar refractivity (Wildman–Crippen MR) is 228 cm³/mol. The van der Waals surface area contributed by atoms with Gasteiger partial charge >= 0.3 is 12.2 Å². The molecule has 0 unspecified atom stereocenters. The van der Waals surface area contributed by atoms with Gasteiger partial charge in [-0.25, -0.2) is 19.6 Å². The van der Waals surface area contributed by atoms with Crippen molar-refractivity contribution in [2.24, 2.45) is 0 Å². The van der Waals surface area contributed by atoms with Crippen LogP contribution in [0.1, 0.15) is 55.7 Å². The average Bonchev–Trinajstić information content (AvgIpc) is 3.94. The molecule has 16 heteroatoms. The molecular formula is C45H48N8O8. The summed E-state index contributed by atoms with van der Waals surface area (Å²) in [6, 6.07) is 28.4. The fourth-order valence-corrected chi connectivity index (χ4v) is 6.78. The highest BCUT2D eigenvalue weighted by atomic mass is 16.5. The van der Waals surface area contributed by atoms with E-state index >= 15 is 0 Å². The molecule has 5 amide bonds. The zero-order valence-corrected chi connectivity index (χ0v) is 34.3. The van der Waals surface area contributed by atoms with E-state index in [2.05, 4.69) is 25.9 Å². The Labute approximate surface area is 352 Å². The highest BCUT2D eigenvalue weighted by Gasteiger charge is 2.30. The van der Waals surface area contributed by atoms with E-state index in [0.29, 0.717) is 75.8 Å². The molecule has 4 N–H and O–H groups in total. The number of rotatable bonds is 17. The molecule has 2 aromatic heterocycles. The Balaban J connectivity index is 1.14. The lowest BCUT2D eigenvalue weighted by Gasteiger charge is -2.27. The number of alkyl carbamates (subject to hydrolysis) is 2. The molecular weight excluding hydrogens is 781 g/mol. The van der Waals surface area contributed by atoms with Gasteiger partial charge in [0.15, 0.2) is 5.76 Å². The van der Waals surface area contributed by atoms with E-state index in [9.17, 15) is 24.0 Å². The van der Waals surface area contributed by atoms with Crippen molar-refractivity contribution >= 4 is 46.6 Å². The van der Waals surface area contributed by atoms with E-state index in [0.717, 1.165) is 0 Å². The van der Waals surface area contributed by atoms with Gasteiger partial charge in [0.2, 0.25) is 23.6 Å². The number of benzene rings is 4. The summed E-state index contributed by atoms with van der Waals surface area (Å²) >= 11 is 0. The van der Waals surface area contributed by atoms with Crippen molar-refractivity contribution in [2.75, 3.05) is 39.2 Å². The number of methoxy groups -OCH3 is 2. The lowest BCUT2D eigenvalue weighted by molar-refractivity contribution is -0.136. The summed E-state index contributed by atoms with van der Waals surface area (Å²) in [4.78, 5) is 81.0. The predicted octanol–water partition coefficient (Wildman–Crippen LogP) is 7.00. The van der Waals surface area contributed by atoms with Crippen LogP contribution in [0.3, 0.4) is 0 Å². The molecule has 4 aromatic carbocycles. The van der Waals surface area contributed by atoms with Gasteiger partial charge in [-0.2, -0.15) is 0 Å². The summed E-state index contributed by atoms with van der Waals surface area (Å²) in [5, 5.41) is 8.13. The monoisotopic (exact) mass is 828 g/mol. The van der Waals surface area contributed by atoms with Crippen LogP contribution in [0.2, 0.25) is 0 Å². The van der Waals surface area contributed by atoms with E-state index in [-0.39, 0.29) is 25.5 Å². The third-order valence-corrected chi connectivity index (χ3v) is 9.65. The van der Waals surface area contributed by atoms with Crippen LogP contribution in [0.4, 0.5) is 15.3 Å². The van der Waals surface area contributed by atoms with Crippen LogP contribution >= 0.6 is 0 Å². The Bertz CT molecular complexity index is 2450. The van der Waals surface area contributed by atoms with Gasteiger partial charge in [0, 0.05) is 29.9 Å². The molecule has 0 bridgehead atoms. The summed E-state index contributed by atoms with van der Waals surface area (Å²) in [7, 11) is 2.47. The molecule has 61 heavy (non-hydrogen) atoms. The standard InChI is InChI=1S/C45H48N8O8/c1-5-22-52(42(55)39(50-44(57)59-3)29-14-9-7-10-15-29)27-37-48-34-21-20-32(25-35(34)49-37)41-46-26-36(61-41)31-18-13-19-33(24-31)47-38(54)28-53(23-6-2)43(56)40(51-45(58)60-4)30-16-11-8-12-17-30/h7-21,24-26,39-40H,5-6,22-23,27-28H2,1-4H3,(H,47,54)(H,48,49)(H,50,57)(H,51,58)/t39-,40-/m1/s1. The zero-order chi connectivity index (χ0) is 43.3. The van der Waals surface area contributed by atoms with Crippen LogP contribution < -0.4 is 16.0 Å². The number of nitrogens with one attached hydrogen (secondary N) is 4. The molecule has 6 aromatic rings. The minimum absolute atomic E-state index is 0.173. The van der Waals surface area contributed by atoms with Crippen molar-refractivity contribution in [1.82, 2.24) is 35.4 Å². The molecule has 316 valence electrons. The number of aromatic amines is 1. The molecule has 16 nitrogen and oxygen atoms in total. The first-order valence-corrected chi connectivity index (χ1v) is 19.8. The van der Waals surface area contributed by atoms with Crippen molar-refractivity contribution in [1.29, 1.82) is 0 Å². The molecule has 0 radical (unpaired) electrons. The maximum absolute atomic E-state index is 13.9. The first-order valence-electron chi connectivity index (χ1n) is 19.8. The molecule has 0 aliphatic carbocycles. The number of anilines is 1. The average molecular weight is 829 g/mol. The van der Waals surface area contributed by atoms with Crippen molar-refractivity contribution in [2.45, 2.75) is 45.3 Å². The Hall–Kier alpha value is -7.49. The second-order valence-electron chi connectivity index (χ2n) is 14.1. The normalized spacial score (nSPS) is 11.9. The topological polar surface area (TPSA) is 201 Å². The summed E-state index contributed by atoms with van der Waals surface area (Å²) < 4.78 is 15.8. The minimum atomic E-state index is -1.05. The van der Waals surface area contributed by atoms with Gasteiger partial charge in [0.1, 0.15) is 17.9 Å². The van der Waals surface area contributed by atoms with Gasteiger partial charge in [-0.15, -0.1) is 0 Å². The molecule has 0 saturated heterocycles. The van der Waals surface area contributed by atoms with Crippen LogP contribution in [0.15, 0.2) is 114 Å². The second kappa shape index (κ2) is 20.5. The molecule has 0 spiro atoms. The lowest BCUT2D eigenvalue weighted by Crippen LogP contribution is -2.46. The van der Waals surface area contributed by atoms with Crippen LogP contribution in [0.5, 0.6) is 0 Å². The smallest absolute Gasteiger partial charge is 0.407 e. The SMILES string of the molecule is CCCN(CC(=O)Nc1cccc(-c2cnc(-c3ccc4nc(CN(CCC)C(=O)[C@H](NC(=O)OC)c5ccccc5)[nH]c4c3)o2)c1)C(=O)[C@H](NC(=O)OC)c1ccccc1. The number of hydrogen-bond acceptors (Lipinski definition) is 10. The lowest BCUT2D eigenvalue weighted by atomic mass is 10.1. The summed E-state index contributed by atoms with van der Waals surface area (Å²) in [6.45, 7) is 4.50. The maximum atomic E-state index is 13.9. The number of carbonyl (C=O) groups excluding carboxylic acids is 5. The first-order chi connectivity index (χ1) is 29.6. The van der Waals surface area contributed by atoms with Gasteiger partial charge < -0.3 is 44.6 Å². The van der Waals surface area contributed by atoms with Gasteiger partial charge in [0.25, 0.3) is 0 Å². The van der Waals surface area contributed by atoms with E-state index < -0.39 is 36.1 Å². The number of fused-ring (bicyclic) bond motifs is 1. The molecule has 0 fully saturated rings. The highest BCUT2D eigenvalue weighted by molar-refractivity contribution is 5.96. The molecule has 0 aliphatic heterocycles. The zero-order valence-electron chi connectivity index (χ0n) is 34.3. The summed E-state index contributed by atoms with van der Waals surface area (Å²) in [6.07, 6.45) is 1.38. The van der Waals surface area contributed by atoms with Crippen LogP contribution in [0.25, 0.3) is 33.8 Å². The van der Waals surface area contributed by atoms with Gasteiger partial charge in [-0.1, -0.05) is 86.6 Å². The number of oxazole rings is 1. The number of ether oxygens (including phenoxy) is 2. The largest absolute Gasteiger partial charge is 0.453 e. The van der Waals surface area contributed by atoms with E-state index in [1.165, 1.54) is 19.1 Å². The van der Waals surface area contributed by atoms with Crippen molar-refractivity contribution < 1.29 is 37.9 Å². The third kappa shape index (κ3) is 11.0. The minimum Gasteiger partial charge on any atom is -0.453 e. The van der Waals surface area contributed by atoms with Crippen molar-refractivity contribution in [3.8, 4) is 22.8 Å². The highest BCUT2D eigenvalue weighted by Crippen LogP contribution is 2.30. The number of imidazole rings is 1. The fourth-order valence-electron chi connectivity index (χ4n) is 6.78. The molecule has 0 aliphatic rings.